The minimum Gasteiger partial charge on any atom is -0.476 e. The van der Waals surface area contributed by atoms with Gasteiger partial charge in [-0.05, 0) is 18.9 Å². The number of hydrogen-bond acceptors (Lipinski definition) is 4. The number of carbonyl (C=O) groups is 1. The van der Waals surface area contributed by atoms with Crippen LogP contribution in [0, 0.1) is 6.92 Å². The topological polar surface area (TPSA) is 89.4 Å². The van der Waals surface area contributed by atoms with Crippen LogP contribution in [0.5, 0.6) is 0 Å². The van der Waals surface area contributed by atoms with E-state index in [4.69, 9.17) is 15.3 Å². The zero-order valence-electron chi connectivity index (χ0n) is 9.96. The molecule has 0 aliphatic carbocycles. The molecule has 1 aromatic heterocycles. The summed E-state index contributed by atoms with van der Waals surface area (Å²) in [5, 5.41) is 8.89. The molecular weight excluding hydrogens is 232 g/mol. The van der Waals surface area contributed by atoms with Crippen LogP contribution in [0.4, 0.5) is 0 Å². The maximum atomic E-state index is 10.9. The van der Waals surface area contributed by atoms with E-state index in [1.165, 1.54) is 0 Å². The highest BCUT2D eigenvalue weighted by Crippen LogP contribution is 2.18. The maximum Gasteiger partial charge on any atom is 0.358 e. The highest BCUT2D eigenvalue weighted by molar-refractivity contribution is 5.86. The summed E-state index contributed by atoms with van der Waals surface area (Å²) >= 11 is 0. The Morgan fingerprint density at radius 1 is 1.44 bits per heavy atom. The van der Waals surface area contributed by atoms with E-state index in [0.717, 1.165) is 5.56 Å². The van der Waals surface area contributed by atoms with Gasteiger partial charge in [-0.25, -0.2) is 9.78 Å². The lowest BCUT2D eigenvalue weighted by atomic mass is 10.1. The normalized spacial score (nSPS) is 12.3. The van der Waals surface area contributed by atoms with Gasteiger partial charge >= 0.3 is 5.97 Å². The first-order valence-electron chi connectivity index (χ1n) is 5.58. The molecule has 0 amide bonds. The molecule has 5 heteroatoms. The smallest absolute Gasteiger partial charge is 0.358 e. The van der Waals surface area contributed by atoms with Crippen molar-refractivity contribution in [3.05, 3.63) is 53.2 Å². The summed E-state index contributed by atoms with van der Waals surface area (Å²) in [6, 6.07) is 9.23. The third-order valence-corrected chi connectivity index (χ3v) is 2.63. The first-order chi connectivity index (χ1) is 8.58. The molecule has 1 unspecified atom stereocenters. The largest absolute Gasteiger partial charge is 0.476 e. The second-order valence-electron chi connectivity index (χ2n) is 4.06. The van der Waals surface area contributed by atoms with Crippen molar-refractivity contribution in [2.75, 3.05) is 0 Å². The molecular formula is C13H14N2O3. The average molecular weight is 246 g/mol. The van der Waals surface area contributed by atoms with Gasteiger partial charge in [0.2, 0.25) is 5.89 Å². The molecule has 94 valence electrons. The van der Waals surface area contributed by atoms with Gasteiger partial charge < -0.3 is 15.3 Å². The zero-order valence-corrected chi connectivity index (χ0v) is 9.96. The van der Waals surface area contributed by atoms with Crippen LogP contribution >= 0.6 is 0 Å². The Kier molecular flexibility index (Phi) is 3.43. The minimum absolute atomic E-state index is 0.0755. The molecule has 2 aromatic rings. The first-order valence-corrected chi connectivity index (χ1v) is 5.58. The second-order valence-corrected chi connectivity index (χ2v) is 4.06. The van der Waals surface area contributed by atoms with Gasteiger partial charge in [0.25, 0.3) is 0 Å². The van der Waals surface area contributed by atoms with Crippen LogP contribution < -0.4 is 5.73 Å². The van der Waals surface area contributed by atoms with Gasteiger partial charge in [0.15, 0.2) is 5.69 Å². The highest BCUT2D eigenvalue weighted by atomic mass is 16.4. The van der Waals surface area contributed by atoms with Crippen molar-refractivity contribution in [3.8, 4) is 0 Å². The van der Waals surface area contributed by atoms with E-state index in [1.54, 1.807) is 6.92 Å². The number of nitrogens with two attached hydrogens (primary N) is 1. The number of nitrogens with zero attached hydrogens (tertiary/aromatic N) is 1. The summed E-state index contributed by atoms with van der Waals surface area (Å²) in [7, 11) is 0. The molecule has 1 heterocycles. The van der Waals surface area contributed by atoms with Crippen molar-refractivity contribution in [3.63, 3.8) is 0 Å². The van der Waals surface area contributed by atoms with Crippen molar-refractivity contribution in [2.24, 2.45) is 5.73 Å². The number of aryl methyl sites for hydroxylation is 1. The Labute approximate surface area is 104 Å². The highest BCUT2D eigenvalue weighted by Gasteiger charge is 2.20. The van der Waals surface area contributed by atoms with E-state index < -0.39 is 12.0 Å². The molecule has 3 N–H and O–H groups in total. The van der Waals surface area contributed by atoms with Crippen LogP contribution in [0.1, 0.15) is 33.7 Å². The number of aromatic carboxylic acids is 1. The minimum atomic E-state index is -1.10. The molecule has 18 heavy (non-hydrogen) atoms. The Morgan fingerprint density at radius 2 is 2.11 bits per heavy atom. The maximum absolute atomic E-state index is 10.9. The van der Waals surface area contributed by atoms with Gasteiger partial charge in [-0.2, -0.15) is 0 Å². The average Bonchev–Trinajstić information content (AvgIpc) is 2.73. The van der Waals surface area contributed by atoms with Gasteiger partial charge in [0.1, 0.15) is 5.76 Å². The van der Waals surface area contributed by atoms with Crippen LogP contribution in [0.3, 0.4) is 0 Å². The summed E-state index contributed by atoms with van der Waals surface area (Å²) in [6.45, 7) is 1.56. The summed E-state index contributed by atoms with van der Waals surface area (Å²) in [6.07, 6.45) is 0.555. The molecule has 0 radical (unpaired) electrons. The summed E-state index contributed by atoms with van der Waals surface area (Å²) in [5.41, 5.74) is 6.94. The van der Waals surface area contributed by atoms with E-state index in [9.17, 15) is 4.79 Å². The molecule has 0 spiro atoms. The Bertz CT molecular complexity index is 549. The fourth-order valence-corrected chi connectivity index (χ4v) is 1.73. The molecule has 0 saturated heterocycles. The summed E-state index contributed by atoms with van der Waals surface area (Å²) < 4.78 is 5.29. The van der Waals surface area contributed by atoms with Crippen LogP contribution in [0.2, 0.25) is 0 Å². The standard InChI is InChI=1S/C13H14N2O3/c1-8-11(13(16)17)15-12(18-8)10(14)7-9-5-3-2-4-6-9/h2-6,10H,7,14H2,1H3,(H,16,17). The molecule has 2 rings (SSSR count). The predicted molar refractivity (Wildman–Crippen MR) is 65.3 cm³/mol. The van der Waals surface area contributed by atoms with Gasteiger partial charge in [-0.3, -0.25) is 0 Å². The van der Waals surface area contributed by atoms with Crippen molar-refractivity contribution in [1.82, 2.24) is 4.98 Å². The fourth-order valence-electron chi connectivity index (χ4n) is 1.73. The lowest BCUT2D eigenvalue weighted by Crippen LogP contribution is -2.14. The van der Waals surface area contributed by atoms with Gasteiger partial charge in [-0.15, -0.1) is 0 Å². The molecule has 0 aliphatic heterocycles. The number of carboxylic acid groups (broad SMARTS) is 1. The Hall–Kier alpha value is -2.14. The quantitative estimate of drug-likeness (QED) is 0.860. The number of oxazole rings is 1. The zero-order chi connectivity index (χ0) is 13.1. The molecule has 0 fully saturated rings. The molecule has 0 saturated carbocycles. The van der Waals surface area contributed by atoms with E-state index in [-0.39, 0.29) is 17.3 Å². The van der Waals surface area contributed by atoms with Crippen molar-refractivity contribution in [1.29, 1.82) is 0 Å². The van der Waals surface area contributed by atoms with E-state index >= 15 is 0 Å². The lowest BCUT2D eigenvalue weighted by molar-refractivity contribution is 0.0689. The van der Waals surface area contributed by atoms with Gasteiger partial charge in [0, 0.05) is 0 Å². The third-order valence-electron chi connectivity index (χ3n) is 2.63. The number of hydrogen-bond donors (Lipinski definition) is 2. The molecule has 1 aromatic carbocycles. The predicted octanol–water partition coefficient (Wildman–Crippen LogP) is 1.92. The fraction of sp³-hybridized carbons (Fsp3) is 0.231. The van der Waals surface area contributed by atoms with Gasteiger partial charge in [0.05, 0.1) is 6.04 Å². The van der Waals surface area contributed by atoms with Crippen molar-refractivity contribution < 1.29 is 14.3 Å². The molecule has 0 bridgehead atoms. The van der Waals surface area contributed by atoms with Crippen LogP contribution in [0.15, 0.2) is 34.7 Å². The monoisotopic (exact) mass is 246 g/mol. The summed E-state index contributed by atoms with van der Waals surface area (Å²) in [5.74, 6) is -0.566. The number of benzene rings is 1. The number of aromatic nitrogens is 1. The molecule has 1 atom stereocenters. The van der Waals surface area contributed by atoms with E-state index in [1.807, 2.05) is 30.3 Å². The second kappa shape index (κ2) is 5.01. The molecule has 5 nitrogen and oxygen atoms in total. The third kappa shape index (κ3) is 2.57. The van der Waals surface area contributed by atoms with Crippen LogP contribution in [-0.4, -0.2) is 16.1 Å². The van der Waals surface area contributed by atoms with Crippen LogP contribution in [0.25, 0.3) is 0 Å². The molecule has 0 aliphatic rings. The first kappa shape index (κ1) is 12.3. The summed E-state index contributed by atoms with van der Waals surface area (Å²) in [4.78, 5) is 14.8. The SMILES string of the molecule is Cc1oc(C(N)Cc2ccccc2)nc1C(=O)O. The van der Waals surface area contributed by atoms with Crippen LogP contribution in [-0.2, 0) is 6.42 Å². The lowest BCUT2D eigenvalue weighted by Gasteiger charge is -2.06. The van der Waals surface area contributed by atoms with Gasteiger partial charge in [-0.1, -0.05) is 30.3 Å². The number of carboxylic acids is 1. The van der Waals surface area contributed by atoms with E-state index in [0.29, 0.717) is 6.42 Å². The van der Waals surface area contributed by atoms with E-state index in [2.05, 4.69) is 4.98 Å². The van der Waals surface area contributed by atoms with Crippen molar-refractivity contribution in [2.45, 2.75) is 19.4 Å². The number of rotatable bonds is 4. The Balaban J connectivity index is 2.17. The van der Waals surface area contributed by atoms with Crippen molar-refractivity contribution >= 4 is 5.97 Å². The Morgan fingerprint density at radius 3 is 2.67 bits per heavy atom.